The summed E-state index contributed by atoms with van der Waals surface area (Å²) in [6.07, 6.45) is 11.5. The van der Waals surface area contributed by atoms with Crippen LogP contribution >= 0.6 is 0 Å². The molecule has 1 N–H and O–H groups in total. The lowest BCUT2D eigenvalue weighted by molar-refractivity contribution is -0.130. The molecule has 0 aromatic heterocycles. The molecule has 1 aliphatic carbocycles. The predicted molar refractivity (Wildman–Crippen MR) is 69.9 cm³/mol. The van der Waals surface area contributed by atoms with Gasteiger partial charge in [-0.1, -0.05) is 32.1 Å². The first-order valence-electron chi connectivity index (χ1n) is 7.37. The van der Waals surface area contributed by atoms with E-state index in [1.807, 2.05) is 0 Å². The second-order valence-corrected chi connectivity index (χ2v) is 5.51. The van der Waals surface area contributed by atoms with Gasteiger partial charge in [0.05, 0.1) is 6.54 Å². The van der Waals surface area contributed by atoms with Gasteiger partial charge in [-0.15, -0.1) is 0 Å². The van der Waals surface area contributed by atoms with Crippen LogP contribution in [0.3, 0.4) is 0 Å². The normalized spacial score (nSPS) is 23.4. The van der Waals surface area contributed by atoms with Crippen LogP contribution < -0.4 is 5.32 Å². The summed E-state index contributed by atoms with van der Waals surface area (Å²) in [7, 11) is 0. The van der Waals surface area contributed by atoms with E-state index in [-0.39, 0.29) is 0 Å². The van der Waals surface area contributed by atoms with E-state index in [9.17, 15) is 4.79 Å². The van der Waals surface area contributed by atoms with E-state index in [0.717, 1.165) is 13.1 Å². The summed E-state index contributed by atoms with van der Waals surface area (Å²) >= 11 is 0. The highest BCUT2D eigenvalue weighted by Gasteiger charge is 2.18. The van der Waals surface area contributed by atoms with Crippen molar-refractivity contribution in [2.45, 2.75) is 63.8 Å². The van der Waals surface area contributed by atoms with Crippen LogP contribution in [-0.2, 0) is 4.79 Å². The molecule has 1 aliphatic heterocycles. The first-order valence-corrected chi connectivity index (χ1v) is 7.37. The van der Waals surface area contributed by atoms with Gasteiger partial charge in [0.2, 0.25) is 5.91 Å². The van der Waals surface area contributed by atoms with Crippen molar-refractivity contribution < 1.29 is 4.79 Å². The van der Waals surface area contributed by atoms with Crippen molar-refractivity contribution in [3.63, 3.8) is 0 Å². The Morgan fingerprint density at radius 2 is 1.53 bits per heavy atom. The van der Waals surface area contributed by atoms with Crippen LogP contribution in [0.2, 0.25) is 0 Å². The molecule has 2 rings (SSSR count). The lowest BCUT2D eigenvalue weighted by Gasteiger charge is -2.25. The quantitative estimate of drug-likeness (QED) is 0.818. The van der Waals surface area contributed by atoms with E-state index in [2.05, 4.69) is 10.2 Å². The van der Waals surface area contributed by atoms with E-state index >= 15 is 0 Å². The number of nitrogens with zero attached hydrogens (tertiary/aromatic N) is 1. The van der Waals surface area contributed by atoms with Crippen molar-refractivity contribution in [3.8, 4) is 0 Å². The fourth-order valence-corrected chi connectivity index (χ4v) is 2.97. The van der Waals surface area contributed by atoms with Crippen molar-refractivity contribution >= 4 is 5.91 Å². The molecule has 98 valence electrons. The number of hydrogen-bond acceptors (Lipinski definition) is 2. The van der Waals surface area contributed by atoms with Crippen LogP contribution in [0.5, 0.6) is 0 Å². The number of rotatable bonds is 3. The van der Waals surface area contributed by atoms with Gasteiger partial charge in [0.15, 0.2) is 0 Å². The van der Waals surface area contributed by atoms with Crippen molar-refractivity contribution in [3.05, 3.63) is 0 Å². The summed E-state index contributed by atoms with van der Waals surface area (Å²) in [6.45, 7) is 2.51. The van der Waals surface area contributed by atoms with Crippen molar-refractivity contribution in [1.82, 2.24) is 10.2 Å². The van der Waals surface area contributed by atoms with Gasteiger partial charge in [-0.3, -0.25) is 4.79 Å². The van der Waals surface area contributed by atoms with Crippen LogP contribution in [0, 0.1) is 0 Å². The van der Waals surface area contributed by atoms with Crippen molar-refractivity contribution in [1.29, 1.82) is 0 Å². The van der Waals surface area contributed by atoms with E-state index in [1.54, 1.807) is 0 Å². The third kappa shape index (κ3) is 4.30. The van der Waals surface area contributed by atoms with E-state index in [1.165, 1.54) is 57.8 Å². The monoisotopic (exact) mass is 238 g/mol. The standard InChI is InChI=1S/C14H26N2O/c17-14(16-10-6-1-2-7-11-16)12-15-13-8-4-3-5-9-13/h13,15H,1-12H2. The molecule has 0 aromatic rings. The van der Waals surface area contributed by atoms with Crippen LogP contribution in [0.15, 0.2) is 0 Å². The SMILES string of the molecule is O=C(CNC1CCCCC1)N1CCCCCC1. The Morgan fingerprint density at radius 1 is 0.941 bits per heavy atom. The highest BCUT2D eigenvalue weighted by Crippen LogP contribution is 2.17. The minimum Gasteiger partial charge on any atom is -0.342 e. The lowest BCUT2D eigenvalue weighted by Crippen LogP contribution is -2.42. The average molecular weight is 238 g/mol. The highest BCUT2D eigenvalue weighted by atomic mass is 16.2. The van der Waals surface area contributed by atoms with E-state index in [0.29, 0.717) is 18.5 Å². The second kappa shape index (κ2) is 7.00. The minimum atomic E-state index is 0.317. The molecule has 0 radical (unpaired) electrons. The molecule has 0 spiro atoms. The largest absolute Gasteiger partial charge is 0.342 e. The number of likely N-dealkylation sites (tertiary alicyclic amines) is 1. The summed E-state index contributed by atoms with van der Waals surface area (Å²) in [5, 5.41) is 3.45. The number of hydrogen-bond donors (Lipinski definition) is 1. The van der Waals surface area contributed by atoms with Crippen molar-refractivity contribution in [2.24, 2.45) is 0 Å². The molecule has 2 fully saturated rings. The van der Waals surface area contributed by atoms with E-state index < -0.39 is 0 Å². The number of amides is 1. The molecule has 2 aliphatic rings. The van der Waals surface area contributed by atoms with Crippen LogP contribution in [0.4, 0.5) is 0 Å². The zero-order chi connectivity index (χ0) is 11.9. The smallest absolute Gasteiger partial charge is 0.236 e. The summed E-state index contributed by atoms with van der Waals surface area (Å²) < 4.78 is 0. The third-order valence-electron chi connectivity index (χ3n) is 4.11. The Kier molecular flexibility index (Phi) is 5.30. The molecule has 1 amide bonds. The molecule has 0 unspecified atom stereocenters. The average Bonchev–Trinajstić information content (AvgIpc) is 2.66. The second-order valence-electron chi connectivity index (χ2n) is 5.51. The number of carbonyl (C=O) groups excluding carboxylic acids is 1. The molecule has 17 heavy (non-hydrogen) atoms. The molecule has 0 bridgehead atoms. The summed E-state index contributed by atoms with van der Waals surface area (Å²) in [5.74, 6) is 0.317. The molecule has 1 heterocycles. The fraction of sp³-hybridized carbons (Fsp3) is 0.929. The Balaban J connectivity index is 1.68. The zero-order valence-electron chi connectivity index (χ0n) is 10.9. The molecule has 1 saturated heterocycles. The Labute approximate surface area is 105 Å². The van der Waals surface area contributed by atoms with Gasteiger partial charge >= 0.3 is 0 Å². The Morgan fingerprint density at radius 3 is 2.18 bits per heavy atom. The molecule has 3 heteroatoms. The molecular formula is C14H26N2O. The minimum absolute atomic E-state index is 0.317. The topological polar surface area (TPSA) is 32.3 Å². The molecule has 0 atom stereocenters. The molecular weight excluding hydrogens is 212 g/mol. The fourth-order valence-electron chi connectivity index (χ4n) is 2.97. The summed E-state index contributed by atoms with van der Waals surface area (Å²) in [4.78, 5) is 14.1. The van der Waals surface area contributed by atoms with Gasteiger partial charge in [0, 0.05) is 19.1 Å². The molecule has 3 nitrogen and oxygen atoms in total. The summed E-state index contributed by atoms with van der Waals surface area (Å²) in [6, 6.07) is 0.597. The van der Waals surface area contributed by atoms with E-state index in [4.69, 9.17) is 0 Å². The van der Waals surface area contributed by atoms with Gasteiger partial charge < -0.3 is 10.2 Å². The number of nitrogens with one attached hydrogen (secondary N) is 1. The maximum atomic E-state index is 12.1. The maximum absolute atomic E-state index is 12.1. The van der Waals surface area contributed by atoms with Gasteiger partial charge in [-0.25, -0.2) is 0 Å². The Bertz CT molecular complexity index is 228. The highest BCUT2D eigenvalue weighted by molar-refractivity contribution is 5.78. The predicted octanol–water partition coefficient (Wildman–Crippen LogP) is 2.31. The van der Waals surface area contributed by atoms with Gasteiger partial charge in [0.25, 0.3) is 0 Å². The van der Waals surface area contributed by atoms with Gasteiger partial charge in [-0.2, -0.15) is 0 Å². The first-order chi connectivity index (χ1) is 8.36. The first kappa shape index (κ1) is 12.9. The summed E-state index contributed by atoms with van der Waals surface area (Å²) in [5.41, 5.74) is 0. The van der Waals surface area contributed by atoms with Crippen LogP contribution in [0.1, 0.15) is 57.8 Å². The van der Waals surface area contributed by atoms with Crippen molar-refractivity contribution in [2.75, 3.05) is 19.6 Å². The maximum Gasteiger partial charge on any atom is 0.236 e. The van der Waals surface area contributed by atoms with Crippen LogP contribution in [-0.4, -0.2) is 36.5 Å². The van der Waals surface area contributed by atoms with Gasteiger partial charge in [0.1, 0.15) is 0 Å². The lowest BCUT2D eigenvalue weighted by atomic mass is 9.95. The van der Waals surface area contributed by atoms with Crippen LogP contribution in [0.25, 0.3) is 0 Å². The third-order valence-corrected chi connectivity index (χ3v) is 4.11. The van der Waals surface area contributed by atoms with Gasteiger partial charge in [-0.05, 0) is 25.7 Å². The zero-order valence-corrected chi connectivity index (χ0v) is 10.9. The molecule has 1 saturated carbocycles. The molecule has 0 aromatic carbocycles. The number of carbonyl (C=O) groups is 1. The Hall–Kier alpha value is -0.570.